The summed E-state index contributed by atoms with van der Waals surface area (Å²) in [5, 5.41) is 10.7. The molecule has 0 amide bonds. The first-order valence-corrected chi connectivity index (χ1v) is 5.81. The second kappa shape index (κ2) is 4.42. The van der Waals surface area contributed by atoms with Gasteiger partial charge in [-0.05, 0) is 22.0 Å². The van der Waals surface area contributed by atoms with E-state index in [2.05, 4.69) is 15.9 Å². The summed E-state index contributed by atoms with van der Waals surface area (Å²) in [7, 11) is 0. The van der Waals surface area contributed by atoms with Crippen LogP contribution in [-0.2, 0) is 10.2 Å². The van der Waals surface area contributed by atoms with Gasteiger partial charge in [-0.1, -0.05) is 6.92 Å². The van der Waals surface area contributed by atoms with Crippen LogP contribution in [0.2, 0.25) is 0 Å². The number of carbonyl (C=O) groups is 1. The first-order valence-electron chi connectivity index (χ1n) is 4.14. The van der Waals surface area contributed by atoms with Crippen LogP contribution in [0.4, 0.5) is 0 Å². The molecular formula is C9H12BrNO2S. The van der Waals surface area contributed by atoms with Crippen molar-refractivity contribution in [2.45, 2.75) is 18.8 Å². The number of hydrogen-bond donors (Lipinski definition) is 2. The van der Waals surface area contributed by atoms with Gasteiger partial charge in [0.25, 0.3) is 0 Å². The minimum absolute atomic E-state index is 0.0659. The fraction of sp³-hybridized carbons (Fsp3) is 0.444. The highest BCUT2D eigenvalue weighted by Gasteiger charge is 2.29. The van der Waals surface area contributed by atoms with Crippen molar-refractivity contribution in [1.82, 2.24) is 0 Å². The molecule has 0 aliphatic carbocycles. The third-order valence-electron chi connectivity index (χ3n) is 2.15. The van der Waals surface area contributed by atoms with Crippen LogP contribution in [0.25, 0.3) is 0 Å². The average Bonchev–Trinajstić information content (AvgIpc) is 2.51. The zero-order valence-corrected chi connectivity index (χ0v) is 10.2. The largest absolute Gasteiger partial charge is 0.481 e. The molecule has 0 aliphatic rings. The molecule has 5 heteroatoms. The predicted molar refractivity (Wildman–Crippen MR) is 60.7 cm³/mol. The van der Waals surface area contributed by atoms with Crippen molar-refractivity contribution in [2.24, 2.45) is 5.73 Å². The molecule has 0 radical (unpaired) electrons. The molecule has 78 valence electrons. The number of nitrogens with two attached hydrogens (primary N) is 1. The summed E-state index contributed by atoms with van der Waals surface area (Å²) in [5.74, 6) is -0.817. The van der Waals surface area contributed by atoms with E-state index in [1.165, 1.54) is 11.3 Å². The van der Waals surface area contributed by atoms with Gasteiger partial charge in [0.15, 0.2) is 0 Å². The Labute approximate surface area is 95.1 Å². The average molecular weight is 278 g/mol. The van der Waals surface area contributed by atoms with Crippen LogP contribution in [0.15, 0.2) is 15.9 Å². The summed E-state index contributed by atoms with van der Waals surface area (Å²) < 4.78 is 0.975. The van der Waals surface area contributed by atoms with Crippen LogP contribution in [0.5, 0.6) is 0 Å². The van der Waals surface area contributed by atoms with Crippen molar-refractivity contribution >= 4 is 33.2 Å². The maximum Gasteiger partial charge on any atom is 0.304 e. The van der Waals surface area contributed by atoms with E-state index in [-0.39, 0.29) is 6.42 Å². The summed E-state index contributed by atoms with van der Waals surface area (Å²) in [6.07, 6.45) is 0.0659. The van der Waals surface area contributed by atoms with E-state index in [0.717, 1.165) is 9.35 Å². The minimum atomic E-state index is -0.817. The number of carboxylic acids is 1. The Bertz CT molecular complexity index is 339. The normalized spacial score (nSPS) is 15.1. The number of rotatable bonds is 4. The van der Waals surface area contributed by atoms with Gasteiger partial charge in [0.2, 0.25) is 0 Å². The smallest absolute Gasteiger partial charge is 0.304 e. The lowest BCUT2D eigenvalue weighted by Crippen LogP contribution is -2.33. The number of hydrogen-bond acceptors (Lipinski definition) is 3. The van der Waals surface area contributed by atoms with Crippen LogP contribution in [-0.4, -0.2) is 17.6 Å². The molecular weight excluding hydrogens is 266 g/mol. The standard InChI is InChI=1S/C9H12BrNO2S/c1-9(5-11,3-8(12)13)7-2-6(10)4-14-7/h2,4H,3,5,11H2,1H3,(H,12,13). The van der Waals surface area contributed by atoms with Crippen LogP contribution in [0.1, 0.15) is 18.2 Å². The molecule has 0 aromatic carbocycles. The Kier molecular flexibility index (Phi) is 3.69. The highest BCUT2D eigenvalue weighted by molar-refractivity contribution is 9.10. The minimum Gasteiger partial charge on any atom is -0.481 e. The fourth-order valence-corrected chi connectivity index (χ4v) is 2.83. The van der Waals surface area contributed by atoms with E-state index in [4.69, 9.17) is 10.8 Å². The second-order valence-electron chi connectivity index (χ2n) is 3.46. The van der Waals surface area contributed by atoms with E-state index in [0.29, 0.717) is 6.54 Å². The zero-order valence-electron chi connectivity index (χ0n) is 7.79. The lowest BCUT2D eigenvalue weighted by Gasteiger charge is -2.24. The number of aliphatic carboxylic acids is 1. The van der Waals surface area contributed by atoms with Crippen LogP contribution in [0, 0.1) is 0 Å². The molecule has 0 spiro atoms. The third-order valence-corrected chi connectivity index (χ3v) is 4.15. The molecule has 0 bridgehead atoms. The van der Waals surface area contributed by atoms with Crippen molar-refractivity contribution in [3.63, 3.8) is 0 Å². The summed E-state index contributed by atoms with van der Waals surface area (Å²) in [4.78, 5) is 11.7. The first-order chi connectivity index (χ1) is 6.48. The van der Waals surface area contributed by atoms with Gasteiger partial charge in [0.1, 0.15) is 0 Å². The Balaban J connectivity index is 2.94. The fourth-order valence-electron chi connectivity index (χ4n) is 1.22. The number of halogens is 1. The van der Waals surface area contributed by atoms with E-state index in [1.54, 1.807) is 0 Å². The van der Waals surface area contributed by atoms with E-state index < -0.39 is 11.4 Å². The second-order valence-corrected chi connectivity index (χ2v) is 5.29. The monoisotopic (exact) mass is 277 g/mol. The quantitative estimate of drug-likeness (QED) is 0.887. The van der Waals surface area contributed by atoms with Crippen LogP contribution < -0.4 is 5.73 Å². The van der Waals surface area contributed by atoms with Crippen LogP contribution >= 0.6 is 27.3 Å². The zero-order chi connectivity index (χ0) is 10.8. The number of carboxylic acid groups (broad SMARTS) is 1. The highest BCUT2D eigenvalue weighted by Crippen LogP contribution is 2.33. The summed E-state index contributed by atoms with van der Waals surface area (Å²) in [6.45, 7) is 2.21. The molecule has 3 nitrogen and oxygen atoms in total. The van der Waals surface area contributed by atoms with Gasteiger partial charge < -0.3 is 10.8 Å². The molecule has 1 heterocycles. The van der Waals surface area contributed by atoms with Crippen molar-refractivity contribution < 1.29 is 9.90 Å². The Morgan fingerprint density at radius 3 is 2.79 bits per heavy atom. The van der Waals surface area contributed by atoms with Gasteiger partial charge in [-0.2, -0.15) is 0 Å². The lowest BCUT2D eigenvalue weighted by atomic mass is 9.85. The Morgan fingerprint density at radius 2 is 2.43 bits per heavy atom. The summed E-state index contributed by atoms with van der Waals surface area (Å²) in [6, 6.07) is 1.93. The molecule has 1 rings (SSSR count). The van der Waals surface area contributed by atoms with E-state index >= 15 is 0 Å². The molecule has 0 aliphatic heterocycles. The van der Waals surface area contributed by atoms with Crippen LogP contribution in [0.3, 0.4) is 0 Å². The maximum atomic E-state index is 10.7. The third kappa shape index (κ3) is 2.56. The van der Waals surface area contributed by atoms with Gasteiger partial charge in [-0.25, -0.2) is 0 Å². The van der Waals surface area contributed by atoms with E-state index in [9.17, 15) is 4.79 Å². The molecule has 1 unspecified atom stereocenters. The van der Waals surface area contributed by atoms with Gasteiger partial charge >= 0.3 is 5.97 Å². The van der Waals surface area contributed by atoms with Crippen molar-refractivity contribution in [3.8, 4) is 0 Å². The topological polar surface area (TPSA) is 63.3 Å². The summed E-state index contributed by atoms with van der Waals surface area (Å²) >= 11 is 4.88. The molecule has 3 N–H and O–H groups in total. The molecule has 14 heavy (non-hydrogen) atoms. The van der Waals surface area contributed by atoms with Crippen molar-refractivity contribution in [2.75, 3.05) is 6.54 Å². The molecule has 1 atom stereocenters. The molecule has 1 aromatic rings. The molecule has 0 fully saturated rings. The van der Waals surface area contributed by atoms with Crippen molar-refractivity contribution in [3.05, 3.63) is 20.8 Å². The molecule has 0 saturated heterocycles. The van der Waals surface area contributed by atoms with Gasteiger partial charge in [0.05, 0.1) is 6.42 Å². The SMILES string of the molecule is CC(CN)(CC(=O)O)c1cc(Br)cs1. The number of thiophene rings is 1. The van der Waals surface area contributed by atoms with Gasteiger partial charge in [-0.15, -0.1) is 11.3 Å². The molecule has 0 saturated carbocycles. The predicted octanol–water partition coefficient (Wildman–Crippen LogP) is 2.20. The Morgan fingerprint density at radius 1 is 1.79 bits per heavy atom. The summed E-state index contributed by atoms with van der Waals surface area (Å²) in [5.41, 5.74) is 5.17. The maximum absolute atomic E-state index is 10.7. The van der Waals surface area contributed by atoms with Crippen molar-refractivity contribution in [1.29, 1.82) is 0 Å². The highest BCUT2D eigenvalue weighted by atomic mass is 79.9. The van der Waals surface area contributed by atoms with Gasteiger partial charge in [0, 0.05) is 26.7 Å². The van der Waals surface area contributed by atoms with Gasteiger partial charge in [-0.3, -0.25) is 4.79 Å². The van der Waals surface area contributed by atoms with E-state index in [1.807, 2.05) is 18.4 Å². The first kappa shape index (κ1) is 11.7. The Hall–Kier alpha value is -0.390. The molecule has 1 aromatic heterocycles. The lowest BCUT2D eigenvalue weighted by molar-refractivity contribution is -0.138.